The first-order valence-corrected chi connectivity index (χ1v) is 8.42. The lowest BCUT2D eigenvalue weighted by molar-refractivity contribution is 0.0948. The molecular weight excluding hydrogens is 282 g/mol. The van der Waals surface area contributed by atoms with Crippen LogP contribution in [0.25, 0.3) is 0 Å². The topological polar surface area (TPSA) is 49.3 Å². The number of benzene rings is 1. The summed E-state index contributed by atoms with van der Waals surface area (Å²) < 4.78 is 0. The van der Waals surface area contributed by atoms with E-state index in [9.17, 15) is 4.79 Å². The van der Waals surface area contributed by atoms with Crippen molar-refractivity contribution in [1.29, 1.82) is 0 Å². The number of thioether (sulfide) groups is 1. The van der Waals surface area contributed by atoms with Gasteiger partial charge in [0.1, 0.15) is 0 Å². The second kappa shape index (κ2) is 8.11. The zero-order valence-electron chi connectivity index (χ0n) is 12.3. The van der Waals surface area contributed by atoms with E-state index in [2.05, 4.69) is 17.2 Å². The molecule has 1 aromatic carbocycles. The van der Waals surface area contributed by atoms with E-state index in [1.807, 2.05) is 36.9 Å². The van der Waals surface area contributed by atoms with E-state index in [1.165, 1.54) is 12.2 Å². The molecule has 1 aromatic rings. The van der Waals surface area contributed by atoms with Gasteiger partial charge in [0.25, 0.3) is 5.91 Å². The number of aryl methyl sites for hydroxylation is 1. The molecule has 0 saturated carbocycles. The highest BCUT2D eigenvalue weighted by Crippen LogP contribution is 2.22. The van der Waals surface area contributed by atoms with Gasteiger partial charge in [0.2, 0.25) is 0 Å². The van der Waals surface area contributed by atoms with Crippen molar-refractivity contribution in [3.63, 3.8) is 0 Å². The van der Waals surface area contributed by atoms with Gasteiger partial charge in [-0.05, 0) is 42.9 Å². The number of hydrogen-bond acceptors (Lipinski definition) is 3. The van der Waals surface area contributed by atoms with Crippen LogP contribution in [-0.2, 0) is 0 Å². The molecule has 0 bridgehead atoms. The summed E-state index contributed by atoms with van der Waals surface area (Å²) in [4.78, 5) is 12.4. The Hall–Kier alpha value is -1.44. The van der Waals surface area contributed by atoms with Crippen LogP contribution in [0.4, 0.5) is 0 Å². The Labute approximate surface area is 130 Å². The van der Waals surface area contributed by atoms with Crippen LogP contribution in [0.15, 0.2) is 18.2 Å². The maximum absolute atomic E-state index is 12.4. The lowest BCUT2D eigenvalue weighted by Crippen LogP contribution is -2.29. The minimum atomic E-state index is -0.0519. The van der Waals surface area contributed by atoms with Crippen molar-refractivity contribution in [3.05, 3.63) is 34.9 Å². The summed E-state index contributed by atoms with van der Waals surface area (Å²) in [6.07, 6.45) is 1.61. The standard InChI is InChI=1S/C17H21NO2S/c1-13-5-6-15(4-2-3-8-19)16(10-13)17(20)18-11-14-7-9-21-12-14/h5-6,10,14,19H,3,7-9,11-12H2,1H3,(H,18,20). The summed E-state index contributed by atoms with van der Waals surface area (Å²) in [5.41, 5.74) is 2.41. The number of hydrogen-bond donors (Lipinski definition) is 2. The molecule has 1 aliphatic heterocycles. The van der Waals surface area contributed by atoms with E-state index < -0.39 is 0 Å². The lowest BCUT2D eigenvalue weighted by Gasteiger charge is -2.11. The van der Waals surface area contributed by atoms with Crippen molar-refractivity contribution in [2.24, 2.45) is 5.92 Å². The first kappa shape index (κ1) is 15.9. The molecule has 1 atom stereocenters. The average molecular weight is 303 g/mol. The molecule has 112 valence electrons. The van der Waals surface area contributed by atoms with Gasteiger partial charge in [-0.25, -0.2) is 0 Å². The van der Waals surface area contributed by atoms with Crippen molar-refractivity contribution in [2.45, 2.75) is 19.8 Å². The molecule has 0 spiro atoms. The molecule has 1 saturated heterocycles. The zero-order chi connectivity index (χ0) is 15.1. The van der Waals surface area contributed by atoms with Crippen molar-refractivity contribution in [2.75, 3.05) is 24.7 Å². The summed E-state index contributed by atoms with van der Waals surface area (Å²) >= 11 is 1.95. The number of carbonyl (C=O) groups is 1. The van der Waals surface area contributed by atoms with Crippen molar-refractivity contribution in [1.82, 2.24) is 5.32 Å². The Morgan fingerprint density at radius 2 is 2.38 bits per heavy atom. The predicted molar refractivity (Wildman–Crippen MR) is 87.5 cm³/mol. The number of aliphatic hydroxyl groups excluding tert-OH is 1. The molecule has 2 rings (SSSR count). The van der Waals surface area contributed by atoms with E-state index in [4.69, 9.17) is 5.11 Å². The monoisotopic (exact) mass is 303 g/mol. The van der Waals surface area contributed by atoms with Gasteiger partial charge in [0, 0.05) is 18.5 Å². The fraction of sp³-hybridized carbons (Fsp3) is 0.471. The Balaban J connectivity index is 2.07. The molecule has 4 heteroatoms. The van der Waals surface area contributed by atoms with Gasteiger partial charge in [-0.2, -0.15) is 11.8 Å². The molecule has 1 heterocycles. The van der Waals surface area contributed by atoms with Crippen molar-refractivity contribution in [3.8, 4) is 11.8 Å². The Bertz CT molecular complexity index is 554. The highest BCUT2D eigenvalue weighted by Gasteiger charge is 2.17. The van der Waals surface area contributed by atoms with Gasteiger partial charge < -0.3 is 10.4 Å². The molecule has 1 unspecified atom stereocenters. The van der Waals surface area contributed by atoms with Gasteiger partial charge in [-0.3, -0.25) is 4.79 Å². The molecule has 1 fully saturated rings. The fourth-order valence-electron chi connectivity index (χ4n) is 2.25. The summed E-state index contributed by atoms with van der Waals surface area (Å²) in [6, 6.07) is 5.70. The number of carbonyl (C=O) groups excluding carboxylic acids is 1. The summed E-state index contributed by atoms with van der Waals surface area (Å²) in [6.45, 7) is 2.75. The van der Waals surface area contributed by atoms with Crippen LogP contribution in [0.3, 0.4) is 0 Å². The van der Waals surface area contributed by atoms with E-state index in [0.29, 0.717) is 17.9 Å². The van der Waals surface area contributed by atoms with Crippen LogP contribution in [0.2, 0.25) is 0 Å². The van der Waals surface area contributed by atoms with Crippen LogP contribution >= 0.6 is 11.8 Å². The number of aliphatic hydroxyl groups is 1. The summed E-state index contributed by atoms with van der Waals surface area (Å²) in [5, 5.41) is 11.8. The minimum absolute atomic E-state index is 0.0414. The van der Waals surface area contributed by atoms with Crippen LogP contribution in [0.1, 0.15) is 34.3 Å². The molecule has 21 heavy (non-hydrogen) atoms. The van der Waals surface area contributed by atoms with Crippen LogP contribution in [0.5, 0.6) is 0 Å². The zero-order valence-corrected chi connectivity index (χ0v) is 13.1. The third kappa shape index (κ3) is 4.80. The SMILES string of the molecule is Cc1ccc(C#CCCO)c(C(=O)NCC2CCSC2)c1. The number of nitrogens with one attached hydrogen (secondary N) is 1. The predicted octanol–water partition coefficient (Wildman–Crippen LogP) is 2.21. The fourth-order valence-corrected chi connectivity index (χ4v) is 3.53. The Morgan fingerprint density at radius 3 is 3.10 bits per heavy atom. The maximum atomic E-state index is 12.4. The molecule has 0 radical (unpaired) electrons. The van der Waals surface area contributed by atoms with Crippen LogP contribution < -0.4 is 5.32 Å². The number of rotatable bonds is 4. The first-order valence-electron chi connectivity index (χ1n) is 7.27. The van der Waals surface area contributed by atoms with Crippen LogP contribution in [0, 0.1) is 24.7 Å². The van der Waals surface area contributed by atoms with Gasteiger partial charge in [0.05, 0.1) is 12.2 Å². The van der Waals surface area contributed by atoms with Crippen molar-refractivity contribution < 1.29 is 9.90 Å². The quantitative estimate of drug-likeness (QED) is 0.839. The summed E-state index contributed by atoms with van der Waals surface area (Å²) in [5.74, 6) is 8.73. The second-order valence-electron chi connectivity index (χ2n) is 5.26. The van der Waals surface area contributed by atoms with E-state index in [1.54, 1.807) is 0 Å². The molecule has 1 aliphatic rings. The van der Waals surface area contributed by atoms with Gasteiger partial charge in [-0.15, -0.1) is 0 Å². The molecular formula is C17H21NO2S. The molecule has 2 N–H and O–H groups in total. The first-order chi connectivity index (χ1) is 10.2. The average Bonchev–Trinajstić information content (AvgIpc) is 3.00. The normalized spacial score (nSPS) is 17.1. The van der Waals surface area contributed by atoms with E-state index >= 15 is 0 Å². The van der Waals surface area contributed by atoms with Gasteiger partial charge in [0.15, 0.2) is 0 Å². The smallest absolute Gasteiger partial charge is 0.252 e. The molecule has 0 aromatic heterocycles. The van der Waals surface area contributed by atoms with Gasteiger partial charge in [-0.1, -0.05) is 23.5 Å². The van der Waals surface area contributed by atoms with E-state index in [0.717, 1.165) is 23.4 Å². The Kier molecular flexibility index (Phi) is 6.16. The van der Waals surface area contributed by atoms with E-state index in [-0.39, 0.29) is 12.5 Å². The lowest BCUT2D eigenvalue weighted by atomic mass is 10.0. The van der Waals surface area contributed by atoms with Crippen molar-refractivity contribution >= 4 is 17.7 Å². The number of amides is 1. The third-order valence-electron chi connectivity index (χ3n) is 3.45. The second-order valence-corrected chi connectivity index (χ2v) is 6.41. The highest BCUT2D eigenvalue weighted by atomic mass is 32.2. The summed E-state index contributed by atoms with van der Waals surface area (Å²) in [7, 11) is 0. The molecule has 0 aliphatic carbocycles. The largest absolute Gasteiger partial charge is 0.395 e. The van der Waals surface area contributed by atoms with Gasteiger partial charge >= 0.3 is 0 Å². The minimum Gasteiger partial charge on any atom is -0.395 e. The third-order valence-corrected chi connectivity index (χ3v) is 4.69. The maximum Gasteiger partial charge on any atom is 0.252 e. The highest BCUT2D eigenvalue weighted by molar-refractivity contribution is 7.99. The van der Waals surface area contributed by atoms with Crippen LogP contribution in [-0.4, -0.2) is 35.7 Å². The molecule has 3 nitrogen and oxygen atoms in total. The Morgan fingerprint density at radius 1 is 1.52 bits per heavy atom. The molecule has 1 amide bonds.